The average molecular weight is 307 g/mol. The first-order valence-electron chi connectivity index (χ1n) is 7.43. The summed E-state index contributed by atoms with van der Waals surface area (Å²) in [5.41, 5.74) is 0.822. The molecule has 1 fully saturated rings. The number of hydrogen-bond acceptors (Lipinski definition) is 3. The number of carbonyl (C=O) groups excluding carboxylic acids is 2. The predicted octanol–water partition coefficient (Wildman–Crippen LogP) is 0.994. The van der Waals surface area contributed by atoms with Gasteiger partial charge in [0.2, 0.25) is 11.8 Å². The molecule has 1 aliphatic rings. The molecule has 2 rings (SSSR count). The number of nitrogens with zero attached hydrogens (tertiary/aromatic N) is 2. The normalized spacial score (nSPS) is 18.1. The molecule has 2 amide bonds. The number of nitrogens with one attached hydrogen (secondary N) is 1. The fourth-order valence-corrected chi connectivity index (χ4v) is 2.51. The summed E-state index contributed by atoms with van der Waals surface area (Å²) in [6.45, 7) is 1.65. The van der Waals surface area contributed by atoms with Crippen LogP contribution in [0.1, 0.15) is 18.4 Å². The molecule has 1 aliphatic heterocycles. The summed E-state index contributed by atoms with van der Waals surface area (Å²) < 4.78 is 12.9. The molecule has 0 unspecified atom stereocenters. The summed E-state index contributed by atoms with van der Waals surface area (Å²) in [5, 5.41) is 2.87. The fraction of sp³-hybridized carbons (Fsp3) is 0.500. The van der Waals surface area contributed by atoms with Gasteiger partial charge in [-0.2, -0.15) is 0 Å². The Balaban J connectivity index is 1.96. The van der Waals surface area contributed by atoms with Gasteiger partial charge in [-0.05, 0) is 38.2 Å². The number of likely N-dealkylation sites (N-methyl/N-ethyl adjacent to an activating group) is 1. The monoisotopic (exact) mass is 307 g/mol. The summed E-state index contributed by atoms with van der Waals surface area (Å²) in [4.78, 5) is 27.8. The van der Waals surface area contributed by atoms with Gasteiger partial charge in [0, 0.05) is 26.1 Å². The van der Waals surface area contributed by atoms with Gasteiger partial charge in [0.05, 0.1) is 0 Å². The lowest BCUT2D eigenvalue weighted by Gasteiger charge is -2.24. The van der Waals surface area contributed by atoms with Crippen molar-refractivity contribution in [2.45, 2.75) is 25.4 Å². The minimum atomic E-state index is -0.431. The molecule has 0 aliphatic carbocycles. The molecule has 1 aromatic rings. The van der Waals surface area contributed by atoms with E-state index in [0.29, 0.717) is 25.9 Å². The molecule has 1 atom stereocenters. The summed E-state index contributed by atoms with van der Waals surface area (Å²) in [5.74, 6) is -0.457. The first-order valence-corrected chi connectivity index (χ1v) is 7.43. The minimum Gasteiger partial charge on any atom is -0.353 e. The zero-order valence-corrected chi connectivity index (χ0v) is 13.0. The van der Waals surface area contributed by atoms with Crippen molar-refractivity contribution in [2.24, 2.45) is 0 Å². The highest BCUT2D eigenvalue weighted by molar-refractivity contribution is 5.90. The van der Waals surface area contributed by atoms with Crippen LogP contribution in [0.3, 0.4) is 0 Å². The fourth-order valence-electron chi connectivity index (χ4n) is 2.51. The molecular formula is C16H22FN3O2. The van der Waals surface area contributed by atoms with E-state index < -0.39 is 6.04 Å². The smallest absolute Gasteiger partial charge is 0.242 e. The van der Waals surface area contributed by atoms with Crippen molar-refractivity contribution in [1.82, 2.24) is 15.1 Å². The number of benzene rings is 1. The highest BCUT2D eigenvalue weighted by Crippen LogP contribution is 2.21. The highest BCUT2D eigenvalue weighted by atomic mass is 19.1. The largest absolute Gasteiger partial charge is 0.353 e. The van der Waals surface area contributed by atoms with E-state index in [9.17, 15) is 14.0 Å². The zero-order valence-electron chi connectivity index (χ0n) is 13.0. The van der Waals surface area contributed by atoms with E-state index in [1.807, 2.05) is 19.0 Å². The van der Waals surface area contributed by atoms with Gasteiger partial charge in [0.15, 0.2) is 0 Å². The Morgan fingerprint density at radius 1 is 1.36 bits per heavy atom. The maximum Gasteiger partial charge on any atom is 0.242 e. The van der Waals surface area contributed by atoms with Crippen molar-refractivity contribution in [3.05, 3.63) is 35.6 Å². The lowest BCUT2D eigenvalue weighted by molar-refractivity contribution is -0.135. The topological polar surface area (TPSA) is 52.7 Å². The van der Waals surface area contributed by atoms with Gasteiger partial charge in [-0.1, -0.05) is 12.1 Å². The third kappa shape index (κ3) is 4.27. The van der Waals surface area contributed by atoms with E-state index in [-0.39, 0.29) is 17.6 Å². The van der Waals surface area contributed by atoms with Crippen LogP contribution in [0.15, 0.2) is 24.3 Å². The minimum absolute atomic E-state index is 0.0305. The third-order valence-electron chi connectivity index (χ3n) is 3.76. The Hall–Kier alpha value is -1.95. The van der Waals surface area contributed by atoms with Crippen LogP contribution < -0.4 is 5.32 Å². The van der Waals surface area contributed by atoms with Crippen molar-refractivity contribution in [2.75, 3.05) is 27.2 Å². The standard InChI is InChI=1S/C16H22FN3O2/c1-19(2)10-9-18-16(22)14-7-8-15(21)20(14)11-12-3-5-13(17)6-4-12/h3-6,14H,7-11H2,1-2H3,(H,18,22)/t14-/m1/s1. The Morgan fingerprint density at radius 3 is 2.68 bits per heavy atom. The number of rotatable bonds is 6. The molecule has 0 bridgehead atoms. The number of hydrogen-bond donors (Lipinski definition) is 1. The summed E-state index contributed by atoms with van der Waals surface area (Å²) in [6, 6.07) is 5.58. The first kappa shape index (κ1) is 16.4. The Bertz CT molecular complexity index is 531. The van der Waals surface area contributed by atoms with Crippen molar-refractivity contribution in [3.8, 4) is 0 Å². The Kier molecular flexibility index (Phi) is 5.49. The molecule has 1 heterocycles. The van der Waals surface area contributed by atoms with Gasteiger partial charge >= 0.3 is 0 Å². The maximum atomic E-state index is 12.9. The summed E-state index contributed by atoms with van der Waals surface area (Å²) in [6.07, 6.45) is 0.917. The summed E-state index contributed by atoms with van der Waals surface area (Å²) >= 11 is 0. The molecule has 0 aromatic heterocycles. The number of carbonyl (C=O) groups is 2. The van der Waals surface area contributed by atoms with Gasteiger partial charge in [0.25, 0.3) is 0 Å². The van der Waals surface area contributed by atoms with E-state index >= 15 is 0 Å². The number of amides is 2. The van der Waals surface area contributed by atoms with E-state index in [1.54, 1.807) is 17.0 Å². The molecule has 1 aromatic carbocycles. The van der Waals surface area contributed by atoms with Crippen LogP contribution in [0.25, 0.3) is 0 Å². The number of likely N-dealkylation sites (tertiary alicyclic amines) is 1. The molecule has 5 nitrogen and oxygen atoms in total. The Labute approximate surface area is 130 Å². The molecule has 22 heavy (non-hydrogen) atoms. The van der Waals surface area contributed by atoms with Crippen LogP contribution in [0.5, 0.6) is 0 Å². The highest BCUT2D eigenvalue weighted by Gasteiger charge is 2.35. The maximum absolute atomic E-state index is 12.9. The average Bonchev–Trinajstić information content (AvgIpc) is 2.82. The van der Waals surface area contributed by atoms with Crippen LogP contribution >= 0.6 is 0 Å². The van der Waals surface area contributed by atoms with Crippen LogP contribution in [0.4, 0.5) is 4.39 Å². The molecule has 120 valence electrons. The second-order valence-corrected chi connectivity index (χ2v) is 5.80. The van der Waals surface area contributed by atoms with Crippen LogP contribution in [-0.2, 0) is 16.1 Å². The van der Waals surface area contributed by atoms with Gasteiger partial charge in [0.1, 0.15) is 11.9 Å². The van der Waals surface area contributed by atoms with Crippen molar-refractivity contribution < 1.29 is 14.0 Å². The molecule has 1 N–H and O–H groups in total. The lowest BCUT2D eigenvalue weighted by Crippen LogP contribution is -2.45. The quantitative estimate of drug-likeness (QED) is 0.853. The van der Waals surface area contributed by atoms with Gasteiger partial charge in [-0.25, -0.2) is 4.39 Å². The third-order valence-corrected chi connectivity index (χ3v) is 3.76. The van der Waals surface area contributed by atoms with E-state index in [0.717, 1.165) is 12.1 Å². The first-order chi connectivity index (χ1) is 10.5. The van der Waals surface area contributed by atoms with E-state index in [4.69, 9.17) is 0 Å². The molecular weight excluding hydrogens is 285 g/mol. The molecule has 1 saturated heterocycles. The second kappa shape index (κ2) is 7.35. The zero-order chi connectivity index (χ0) is 16.1. The van der Waals surface area contributed by atoms with Gasteiger partial charge in [-0.3, -0.25) is 9.59 Å². The van der Waals surface area contributed by atoms with Crippen LogP contribution in [-0.4, -0.2) is 54.8 Å². The Morgan fingerprint density at radius 2 is 2.05 bits per heavy atom. The van der Waals surface area contributed by atoms with Crippen molar-refractivity contribution in [3.63, 3.8) is 0 Å². The predicted molar refractivity (Wildman–Crippen MR) is 81.5 cm³/mol. The van der Waals surface area contributed by atoms with E-state index in [2.05, 4.69) is 5.32 Å². The van der Waals surface area contributed by atoms with Crippen molar-refractivity contribution in [1.29, 1.82) is 0 Å². The number of halogens is 1. The SMILES string of the molecule is CN(C)CCNC(=O)[C@H]1CCC(=O)N1Cc1ccc(F)cc1. The van der Waals surface area contributed by atoms with Crippen LogP contribution in [0, 0.1) is 5.82 Å². The second-order valence-electron chi connectivity index (χ2n) is 5.80. The molecule has 0 spiro atoms. The van der Waals surface area contributed by atoms with Gasteiger partial charge < -0.3 is 15.1 Å². The van der Waals surface area contributed by atoms with Crippen LogP contribution in [0.2, 0.25) is 0 Å². The summed E-state index contributed by atoms with van der Waals surface area (Å²) in [7, 11) is 3.87. The molecule has 6 heteroatoms. The molecule has 0 saturated carbocycles. The van der Waals surface area contributed by atoms with Gasteiger partial charge in [-0.15, -0.1) is 0 Å². The lowest BCUT2D eigenvalue weighted by atomic mass is 10.1. The molecule has 0 radical (unpaired) electrons. The van der Waals surface area contributed by atoms with Crippen molar-refractivity contribution >= 4 is 11.8 Å². The van der Waals surface area contributed by atoms with E-state index in [1.165, 1.54) is 12.1 Å².